The van der Waals surface area contributed by atoms with Crippen molar-refractivity contribution in [3.05, 3.63) is 0 Å². The van der Waals surface area contributed by atoms with Crippen LogP contribution < -0.4 is 0 Å². The number of ketones is 1. The third kappa shape index (κ3) is 2.01. The molecule has 1 rings (SSSR count). The van der Waals surface area contributed by atoms with Crippen molar-refractivity contribution in [2.24, 2.45) is 10.9 Å². The summed E-state index contributed by atoms with van der Waals surface area (Å²) in [5.74, 6) is -3.08. The van der Waals surface area contributed by atoms with Crippen LogP contribution in [0.2, 0.25) is 0 Å². The number of carbonyl (C=O) groups is 1. The van der Waals surface area contributed by atoms with Gasteiger partial charge in [0, 0.05) is 6.21 Å². The quantitative estimate of drug-likeness (QED) is 0.648. The molecule has 1 heterocycles. The lowest BCUT2D eigenvalue weighted by Crippen LogP contribution is -2.46. The highest BCUT2D eigenvalue weighted by Gasteiger charge is 2.47. The predicted octanol–water partition coefficient (Wildman–Crippen LogP) is 0.516. The standard InChI is InChI=1S/C10H17NO3/c1-3-4-5-9-10(13,14)8(6-11-9)7(2)12/h6,8-9,13-14H,3-5H2,1-2H3. The van der Waals surface area contributed by atoms with Crippen LogP contribution in [-0.4, -0.2) is 34.0 Å². The van der Waals surface area contributed by atoms with Crippen molar-refractivity contribution >= 4 is 12.0 Å². The van der Waals surface area contributed by atoms with Gasteiger partial charge >= 0.3 is 0 Å². The molecule has 0 amide bonds. The fourth-order valence-electron chi connectivity index (χ4n) is 1.71. The Labute approximate surface area is 83.7 Å². The fourth-order valence-corrected chi connectivity index (χ4v) is 1.71. The molecule has 0 radical (unpaired) electrons. The molecule has 80 valence electrons. The highest BCUT2D eigenvalue weighted by Crippen LogP contribution is 2.29. The van der Waals surface area contributed by atoms with Gasteiger partial charge in [-0.2, -0.15) is 0 Å². The Balaban J connectivity index is 2.66. The minimum Gasteiger partial charge on any atom is -0.363 e. The van der Waals surface area contributed by atoms with E-state index in [-0.39, 0.29) is 5.78 Å². The fraction of sp³-hybridized carbons (Fsp3) is 0.800. The van der Waals surface area contributed by atoms with Crippen LogP contribution in [0.25, 0.3) is 0 Å². The normalized spacial score (nSPS) is 29.4. The van der Waals surface area contributed by atoms with Crippen LogP contribution in [-0.2, 0) is 4.79 Å². The van der Waals surface area contributed by atoms with Crippen LogP contribution in [0.5, 0.6) is 0 Å². The van der Waals surface area contributed by atoms with Gasteiger partial charge in [-0.05, 0) is 13.3 Å². The summed E-state index contributed by atoms with van der Waals surface area (Å²) in [5, 5.41) is 19.4. The summed E-state index contributed by atoms with van der Waals surface area (Å²) in [7, 11) is 0. The maximum absolute atomic E-state index is 11.1. The molecule has 0 aromatic carbocycles. The van der Waals surface area contributed by atoms with Crippen molar-refractivity contribution in [1.82, 2.24) is 0 Å². The smallest absolute Gasteiger partial charge is 0.200 e. The minimum atomic E-state index is -1.97. The molecule has 2 atom stereocenters. The van der Waals surface area contributed by atoms with Gasteiger partial charge in [-0.1, -0.05) is 19.8 Å². The molecule has 2 unspecified atom stereocenters. The minimum absolute atomic E-state index is 0.252. The zero-order chi connectivity index (χ0) is 10.8. The molecule has 0 aromatic heterocycles. The first kappa shape index (κ1) is 11.3. The molecule has 0 bridgehead atoms. The van der Waals surface area contributed by atoms with E-state index in [9.17, 15) is 15.0 Å². The average molecular weight is 199 g/mol. The van der Waals surface area contributed by atoms with Gasteiger partial charge in [0.15, 0.2) is 0 Å². The monoisotopic (exact) mass is 199 g/mol. The molecule has 0 fully saturated rings. The first-order valence-corrected chi connectivity index (χ1v) is 4.98. The molecule has 0 spiro atoms. The van der Waals surface area contributed by atoms with Gasteiger partial charge in [0.2, 0.25) is 5.79 Å². The Morgan fingerprint density at radius 2 is 2.21 bits per heavy atom. The summed E-state index contributed by atoms with van der Waals surface area (Å²) in [6.45, 7) is 3.37. The second-order valence-electron chi connectivity index (χ2n) is 3.83. The zero-order valence-electron chi connectivity index (χ0n) is 8.60. The van der Waals surface area contributed by atoms with Gasteiger partial charge in [0.1, 0.15) is 17.7 Å². The molecule has 1 aliphatic heterocycles. The second-order valence-corrected chi connectivity index (χ2v) is 3.83. The molecule has 0 aliphatic carbocycles. The summed E-state index contributed by atoms with van der Waals surface area (Å²) in [4.78, 5) is 15.1. The summed E-state index contributed by atoms with van der Waals surface area (Å²) in [6.07, 6.45) is 3.84. The lowest BCUT2D eigenvalue weighted by molar-refractivity contribution is -0.192. The maximum atomic E-state index is 11.1. The summed E-state index contributed by atoms with van der Waals surface area (Å²) < 4.78 is 0. The maximum Gasteiger partial charge on any atom is 0.200 e. The number of hydrogen-bond acceptors (Lipinski definition) is 4. The van der Waals surface area contributed by atoms with Gasteiger partial charge in [0.25, 0.3) is 0 Å². The molecular weight excluding hydrogens is 182 g/mol. The second kappa shape index (κ2) is 4.19. The Morgan fingerprint density at radius 3 is 2.64 bits per heavy atom. The van der Waals surface area contributed by atoms with Crippen molar-refractivity contribution in [2.45, 2.75) is 44.9 Å². The number of hydrogen-bond donors (Lipinski definition) is 2. The van der Waals surface area contributed by atoms with Crippen molar-refractivity contribution in [1.29, 1.82) is 0 Å². The van der Waals surface area contributed by atoms with E-state index < -0.39 is 17.7 Å². The van der Waals surface area contributed by atoms with Crippen molar-refractivity contribution in [3.8, 4) is 0 Å². The van der Waals surface area contributed by atoms with Crippen LogP contribution in [0, 0.1) is 5.92 Å². The van der Waals surface area contributed by atoms with Crippen LogP contribution in [0.3, 0.4) is 0 Å². The zero-order valence-corrected chi connectivity index (χ0v) is 8.60. The van der Waals surface area contributed by atoms with E-state index in [2.05, 4.69) is 4.99 Å². The Bertz CT molecular complexity index is 248. The number of aliphatic imine (C=N–C) groups is 1. The molecule has 0 aromatic rings. The lowest BCUT2D eigenvalue weighted by Gasteiger charge is -2.26. The average Bonchev–Trinajstić information content (AvgIpc) is 2.37. The third-order valence-electron chi connectivity index (χ3n) is 2.63. The van der Waals surface area contributed by atoms with Crippen LogP contribution in [0.1, 0.15) is 33.1 Å². The van der Waals surface area contributed by atoms with Crippen LogP contribution in [0.4, 0.5) is 0 Å². The van der Waals surface area contributed by atoms with Gasteiger partial charge in [-0.3, -0.25) is 9.79 Å². The highest BCUT2D eigenvalue weighted by atomic mass is 16.5. The van der Waals surface area contributed by atoms with E-state index in [4.69, 9.17) is 0 Å². The lowest BCUT2D eigenvalue weighted by atomic mass is 9.91. The molecule has 0 saturated heterocycles. The van der Waals surface area contributed by atoms with E-state index >= 15 is 0 Å². The molecule has 4 heteroatoms. The van der Waals surface area contributed by atoms with Crippen molar-refractivity contribution in [2.75, 3.05) is 0 Å². The first-order chi connectivity index (χ1) is 6.50. The van der Waals surface area contributed by atoms with Crippen molar-refractivity contribution < 1.29 is 15.0 Å². The summed E-state index contributed by atoms with van der Waals surface area (Å²) in [6, 6.07) is -0.545. The van der Waals surface area contributed by atoms with E-state index in [0.717, 1.165) is 12.8 Å². The number of nitrogens with zero attached hydrogens (tertiary/aromatic N) is 1. The number of rotatable bonds is 4. The third-order valence-corrected chi connectivity index (χ3v) is 2.63. The van der Waals surface area contributed by atoms with Crippen LogP contribution in [0.15, 0.2) is 4.99 Å². The summed E-state index contributed by atoms with van der Waals surface area (Å²) >= 11 is 0. The SMILES string of the molecule is CCCCC1N=CC(C(C)=O)C1(O)O. The van der Waals surface area contributed by atoms with E-state index in [1.807, 2.05) is 6.92 Å². The molecule has 0 saturated carbocycles. The Kier molecular flexibility index (Phi) is 3.39. The van der Waals surface area contributed by atoms with Gasteiger partial charge < -0.3 is 10.2 Å². The topological polar surface area (TPSA) is 69.9 Å². The molecule has 4 nitrogen and oxygen atoms in total. The van der Waals surface area contributed by atoms with Gasteiger partial charge in [0.05, 0.1) is 0 Å². The number of aliphatic hydroxyl groups is 2. The Hall–Kier alpha value is -0.740. The number of unbranched alkanes of at least 4 members (excludes halogenated alkanes) is 1. The van der Waals surface area contributed by atoms with E-state index in [1.165, 1.54) is 13.1 Å². The summed E-state index contributed by atoms with van der Waals surface area (Å²) in [5.41, 5.74) is 0. The highest BCUT2D eigenvalue weighted by molar-refractivity contribution is 5.95. The predicted molar refractivity (Wildman–Crippen MR) is 53.1 cm³/mol. The number of Topliss-reactive ketones (excluding diaryl/α,β-unsaturated/α-hetero) is 1. The van der Waals surface area contributed by atoms with Gasteiger partial charge in [-0.25, -0.2) is 0 Å². The van der Waals surface area contributed by atoms with E-state index in [0.29, 0.717) is 6.42 Å². The van der Waals surface area contributed by atoms with Gasteiger partial charge in [-0.15, -0.1) is 0 Å². The van der Waals surface area contributed by atoms with Crippen LogP contribution >= 0.6 is 0 Å². The molecular formula is C10H17NO3. The van der Waals surface area contributed by atoms with E-state index in [1.54, 1.807) is 0 Å². The Morgan fingerprint density at radius 1 is 1.57 bits per heavy atom. The number of carbonyl (C=O) groups excluding carboxylic acids is 1. The molecule has 14 heavy (non-hydrogen) atoms. The van der Waals surface area contributed by atoms with Crippen molar-refractivity contribution in [3.63, 3.8) is 0 Å². The largest absolute Gasteiger partial charge is 0.363 e. The first-order valence-electron chi connectivity index (χ1n) is 4.98. The molecule has 2 N–H and O–H groups in total. The molecule has 1 aliphatic rings.